The Morgan fingerprint density at radius 1 is 1.17 bits per heavy atom. The molecule has 0 spiro atoms. The number of hydrogen-bond donors (Lipinski definition) is 1. The van der Waals surface area contributed by atoms with Gasteiger partial charge in [-0.05, 0) is 24.3 Å². The molecular formula is C20H17N5O3S. The maximum absolute atomic E-state index is 12.0. The van der Waals surface area contributed by atoms with E-state index in [1.54, 1.807) is 12.4 Å². The van der Waals surface area contributed by atoms with Gasteiger partial charge in [0.2, 0.25) is 0 Å². The van der Waals surface area contributed by atoms with Crippen molar-refractivity contribution in [2.75, 3.05) is 18.9 Å². The van der Waals surface area contributed by atoms with Crippen LogP contribution in [0, 0.1) is 12.3 Å². The maximum atomic E-state index is 12.0. The molecule has 29 heavy (non-hydrogen) atoms. The van der Waals surface area contributed by atoms with E-state index in [-0.39, 0.29) is 18.9 Å². The molecule has 0 saturated heterocycles. The van der Waals surface area contributed by atoms with Crippen molar-refractivity contribution in [1.82, 2.24) is 25.1 Å². The fraction of sp³-hybridized carbons (Fsp3) is 0.150. The van der Waals surface area contributed by atoms with Gasteiger partial charge in [0.15, 0.2) is 17.6 Å². The highest BCUT2D eigenvalue weighted by Crippen LogP contribution is 2.27. The van der Waals surface area contributed by atoms with Crippen molar-refractivity contribution >= 4 is 23.6 Å². The molecule has 0 aliphatic carbocycles. The number of pyridine rings is 1. The van der Waals surface area contributed by atoms with Gasteiger partial charge in [0.25, 0.3) is 5.91 Å². The van der Waals surface area contributed by atoms with E-state index in [0.29, 0.717) is 11.0 Å². The molecular weight excluding hydrogens is 390 g/mol. The lowest BCUT2D eigenvalue weighted by Gasteiger charge is -2.10. The maximum Gasteiger partial charge on any atom is 0.316 e. The Kier molecular flexibility index (Phi) is 6.97. The van der Waals surface area contributed by atoms with Gasteiger partial charge in [-0.25, -0.2) is 0 Å². The van der Waals surface area contributed by atoms with E-state index < -0.39 is 11.9 Å². The lowest BCUT2D eigenvalue weighted by Crippen LogP contribution is -2.29. The van der Waals surface area contributed by atoms with Crippen LogP contribution in [-0.2, 0) is 14.3 Å². The van der Waals surface area contributed by atoms with Crippen molar-refractivity contribution in [2.45, 2.75) is 5.16 Å². The number of thioether (sulfide) groups is 1. The number of nitrogens with zero attached hydrogens (tertiary/aromatic N) is 4. The number of carbonyl (C=O) groups excluding carboxylic acids is 2. The van der Waals surface area contributed by atoms with Crippen molar-refractivity contribution in [3.05, 3.63) is 54.9 Å². The first kappa shape index (κ1) is 20.1. The molecule has 3 rings (SSSR count). The third-order valence-electron chi connectivity index (χ3n) is 3.64. The van der Waals surface area contributed by atoms with E-state index in [4.69, 9.17) is 11.2 Å². The van der Waals surface area contributed by atoms with Crippen molar-refractivity contribution in [2.24, 2.45) is 0 Å². The highest BCUT2D eigenvalue weighted by molar-refractivity contribution is 7.99. The Morgan fingerprint density at radius 2 is 2.00 bits per heavy atom. The highest BCUT2D eigenvalue weighted by Gasteiger charge is 2.18. The quantitative estimate of drug-likeness (QED) is 0.345. The molecule has 9 heteroatoms. The largest absolute Gasteiger partial charge is 0.455 e. The molecule has 1 N–H and O–H groups in total. The van der Waals surface area contributed by atoms with E-state index in [9.17, 15) is 9.59 Å². The van der Waals surface area contributed by atoms with Gasteiger partial charge < -0.3 is 10.1 Å². The average Bonchev–Trinajstić information content (AvgIpc) is 3.20. The summed E-state index contributed by atoms with van der Waals surface area (Å²) in [6.07, 6.45) is 8.43. The van der Waals surface area contributed by atoms with Gasteiger partial charge in [0, 0.05) is 23.6 Å². The van der Waals surface area contributed by atoms with Crippen molar-refractivity contribution in [3.63, 3.8) is 0 Å². The molecule has 0 bridgehead atoms. The molecule has 8 nitrogen and oxygen atoms in total. The van der Waals surface area contributed by atoms with Crippen LogP contribution in [-0.4, -0.2) is 50.5 Å². The standard InChI is InChI=1S/C20H17N5O3S/c1-2-10-22-17(26)13-28-18(27)14-29-20-24-23-19(15-7-6-11-21-12-15)25(20)16-8-4-3-5-9-16/h1,3-9,11-12H,10,13-14H2,(H,22,26). The topological polar surface area (TPSA) is 99.0 Å². The fourth-order valence-electron chi connectivity index (χ4n) is 2.37. The van der Waals surface area contributed by atoms with Gasteiger partial charge in [-0.15, -0.1) is 16.6 Å². The lowest BCUT2D eigenvalue weighted by molar-refractivity contribution is -0.145. The second-order valence-electron chi connectivity index (χ2n) is 5.65. The molecule has 146 valence electrons. The summed E-state index contributed by atoms with van der Waals surface area (Å²) in [6, 6.07) is 13.2. The average molecular weight is 407 g/mol. The van der Waals surface area contributed by atoms with Crippen LogP contribution in [0.4, 0.5) is 0 Å². The van der Waals surface area contributed by atoms with Gasteiger partial charge in [0.05, 0.1) is 12.3 Å². The molecule has 0 atom stereocenters. The normalized spacial score (nSPS) is 10.2. The Balaban J connectivity index is 1.73. The molecule has 2 aromatic heterocycles. The van der Waals surface area contributed by atoms with Crippen LogP contribution >= 0.6 is 11.8 Å². The summed E-state index contributed by atoms with van der Waals surface area (Å²) in [4.78, 5) is 27.6. The van der Waals surface area contributed by atoms with Crippen LogP contribution in [0.3, 0.4) is 0 Å². The van der Waals surface area contributed by atoms with Crippen molar-refractivity contribution < 1.29 is 14.3 Å². The number of terminal acetylenes is 1. The summed E-state index contributed by atoms with van der Waals surface area (Å²) in [5.74, 6) is 1.85. The predicted octanol–water partition coefficient (Wildman–Crippen LogP) is 1.71. The zero-order valence-electron chi connectivity index (χ0n) is 15.3. The van der Waals surface area contributed by atoms with Crippen LogP contribution in [0.5, 0.6) is 0 Å². The zero-order valence-corrected chi connectivity index (χ0v) is 16.1. The number of ether oxygens (including phenoxy) is 1. The third-order valence-corrected chi connectivity index (χ3v) is 4.54. The summed E-state index contributed by atoms with van der Waals surface area (Å²) in [5, 5.41) is 11.4. The number of benzene rings is 1. The zero-order chi connectivity index (χ0) is 20.5. The van der Waals surface area contributed by atoms with Gasteiger partial charge in [-0.3, -0.25) is 19.1 Å². The monoisotopic (exact) mass is 407 g/mol. The van der Waals surface area contributed by atoms with E-state index in [0.717, 1.165) is 11.3 Å². The minimum atomic E-state index is -0.545. The minimum absolute atomic E-state index is 0.0274. The smallest absolute Gasteiger partial charge is 0.316 e. The van der Waals surface area contributed by atoms with Gasteiger partial charge in [-0.1, -0.05) is 35.9 Å². The summed E-state index contributed by atoms with van der Waals surface area (Å²) in [5.41, 5.74) is 1.64. The van der Waals surface area contributed by atoms with Crippen LogP contribution < -0.4 is 5.32 Å². The second-order valence-corrected chi connectivity index (χ2v) is 6.59. The number of rotatable bonds is 8. The van der Waals surface area contributed by atoms with Crippen LogP contribution in [0.15, 0.2) is 60.0 Å². The number of aromatic nitrogens is 4. The minimum Gasteiger partial charge on any atom is -0.455 e. The Hall–Kier alpha value is -3.64. The molecule has 0 fully saturated rings. The molecule has 2 heterocycles. The van der Waals surface area contributed by atoms with E-state index in [1.165, 1.54) is 11.8 Å². The van der Waals surface area contributed by atoms with E-state index in [2.05, 4.69) is 26.4 Å². The fourth-order valence-corrected chi connectivity index (χ4v) is 3.12. The third kappa shape index (κ3) is 5.43. The Morgan fingerprint density at radius 3 is 2.72 bits per heavy atom. The summed E-state index contributed by atoms with van der Waals surface area (Å²) in [6.45, 7) is -0.296. The molecule has 1 amide bonds. The molecule has 0 aliphatic heterocycles. The summed E-state index contributed by atoms with van der Waals surface area (Å²) in [7, 11) is 0. The van der Waals surface area contributed by atoms with Crippen LogP contribution in [0.1, 0.15) is 0 Å². The first-order chi connectivity index (χ1) is 14.2. The molecule has 0 unspecified atom stereocenters. The first-order valence-corrected chi connectivity index (χ1v) is 9.57. The SMILES string of the molecule is C#CCNC(=O)COC(=O)CSc1nnc(-c2cccnc2)n1-c1ccccc1. The van der Waals surface area contributed by atoms with Gasteiger partial charge in [-0.2, -0.15) is 0 Å². The van der Waals surface area contributed by atoms with E-state index >= 15 is 0 Å². The summed E-state index contributed by atoms with van der Waals surface area (Å²) >= 11 is 1.17. The lowest BCUT2D eigenvalue weighted by atomic mass is 10.2. The number of hydrogen-bond acceptors (Lipinski definition) is 7. The van der Waals surface area contributed by atoms with Gasteiger partial charge >= 0.3 is 5.97 Å². The molecule has 3 aromatic rings. The second kappa shape index (κ2) is 10.1. The number of esters is 1. The van der Waals surface area contributed by atoms with Crippen LogP contribution in [0.25, 0.3) is 17.1 Å². The Labute approximate surface area is 171 Å². The Bertz CT molecular complexity index is 1020. The molecule has 0 aliphatic rings. The molecule has 0 saturated carbocycles. The van der Waals surface area contributed by atoms with Crippen molar-refractivity contribution in [3.8, 4) is 29.4 Å². The number of nitrogens with one attached hydrogen (secondary N) is 1. The van der Waals surface area contributed by atoms with Crippen LogP contribution in [0.2, 0.25) is 0 Å². The predicted molar refractivity (Wildman–Crippen MR) is 108 cm³/mol. The summed E-state index contributed by atoms with van der Waals surface area (Å²) < 4.78 is 6.79. The van der Waals surface area contributed by atoms with Crippen molar-refractivity contribution in [1.29, 1.82) is 0 Å². The van der Waals surface area contributed by atoms with E-state index in [1.807, 2.05) is 47.0 Å². The highest BCUT2D eigenvalue weighted by atomic mass is 32.2. The molecule has 1 aromatic carbocycles. The number of para-hydroxylation sites is 1. The first-order valence-electron chi connectivity index (χ1n) is 8.59. The number of amides is 1. The van der Waals surface area contributed by atoms with Gasteiger partial charge in [0.1, 0.15) is 0 Å². The molecule has 0 radical (unpaired) electrons. The number of carbonyl (C=O) groups is 2.